The van der Waals surface area contributed by atoms with E-state index in [4.69, 9.17) is 0 Å². The van der Waals surface area contributed by atoms with E-state index < -0.39 is 12.0 Å². The Labute approximate surface area is 128 Å². The number of benzene rings is 1. The van der Waals surface area contributed by atoms with E-state index in [-0.39, 0.29) is 5.91 Å². The van der Waals surface area contributed by atoms with Crippen molar-refractivity contribution in [2.75, 3.05) is 6.54 Å². The fourth-order valence-electron chi connectivity index (χ4n) is 2.84. The molecule has 0 radical (unpaired) electrons. The van der Waals surface area contributed by atoms with Crippen molar-refractivity contribution in [2.24, 2.45) is 0 Å². The molecule has 5 heteroatoms. The second-order valence-corrected chi connectivity index (χ2v) is 5.26. The molecule has 1 amide bonds. The maximum absolute atomic E-state index is 12.8. The second-order valence-electron chi connectivity index (χ2n) is 5.26. The first-order chi connectivity index (χ1) is 10.7. The highest BCUT2D eigenvalue weighted by atomic mass is 16.4. The van der Waals surface area contributed by atoms with Crippen molar-refractivity contribution in [3.63, 3.8) is 0 Å². The molecule has 2 heterocycles. The Kier molecular flexibility index (Phi) is 3.87. The van der Waals surface area contributed by atoms with Gasteiger partial charge in [-0.3, -0.25) is 9.78 Å². The highest BCUT2D eigenvalue weighted by molar-refractivity contribution is 6.02. The number of hydrogen-bond donors (Lipinski definition) is 1. The summed E-state index contributed by atoms with van der Waals surface area (Å²) in [6.45, 7) is 0.479. The Morgan fingerprint density at radius 3 is 2.64 bits per heavy atom. The Hall–Kier alpha value is -2.69. The van der Waals surface area contributed by atoms with Gasteiger partial charge >= 0.3 is 5.97 Å². The van der Waals surface area contributed by atoms with E-state index in [1.54, 1.807) is 18.3 Å². The molecular formula is C17H16N2O3. The SMILES string of the molecule is O=C(O)[C@@H]1CCCN1C(=O)c1ccccc1-c1ccccn1. The minimum absolute atomic E-state index is 0.244. The molecule has 1 aromatic carbocycles. The topological polar surface area (TPSA) is 70.5 Å². The van der Waals surface area contributed by atoms with Crippen LogP contribution in [0.5, 0.6) is 0 Å². The molecule has 0 spiro atoms. The average molecular weight is 296 g/mol. The van der Waals surface area contributed by atoms with Gasteiger partial charge in [-0.15, -0.1) is 0 Å². The minimum Gasteiger partial charge on any atom is -0.480 e. The van der Waals surface area contributed by atoms with Gasteiger partial charge in [-0.2, -0.15) is 0 Å². The third-order valence-corrected chi connectivity index (χ3v) is 3.90. The molecule has 0 unspecified atom stereocenters. The molecule has 1 atom stereocenters. The molecule has 1 aromatic heterocycles. The van der Waals surface area contributed by atoms with Crippen LogP contribution in [0.15, 0.2) is 48.7 Å². The van der Waals surface area contributed by atoms with Crippen molar-refractivity contribution in [1.82, 2.24) is 9.88 Å². The fourth-order valence-corrected chi connectivity index (χ4v) is 2.84. The van der Waals surface area contributed by atoms with Crippen molar-refractivity contribution in [1.29, 1.82) is 0 Å². The normalized spacial score (nSPS) is 17.5. The molecule has 3 rings (SSSR count). The van der Waals surface area contributed by atoms with Gasteiger partial charge in [0.15, 0.2) is 0 Å². The van der Waals surface area contributed by atoms with E-state index in [1.165, 1.54) is 4.90 Å². The van der Waals surface area contributed by atoms with E-state index in [2.05, 4.69) is 4.98 Å². The first kappa shape index (κ1) is 14.3. The summed E-state index contributed by atoms with van der Waals surface area (Å²) in [6.07, 6.45) is 2.90. The maximum Gasteiger partial charge on any atom is 0.326 e. The molecule has 112 valence electrons. The second kappa shape index (κ2) is 5.97. The van der Waals surface area contributed by atoms with Gasteiger partial charge < -0.3 is 10.0 Å². The Morgan fingerprint density at radius 1 is 1.14 bits per heavy atom. The van der Waals surface area contributed by atoms with Crippen LogP contribution in [0.3, 0.4) is 0 Å². The van der Waals surface area contributed by atoms with Gasteiger partial charge in [0.2, 0.25) is 0 Å². The van der Waals surface area contributed by atoms with Crippen LogP contribution in [0.1, 0.15) is 23.2 Å². The van der Waals surface area contributed by atoms with Crippen molar-refractivity contribution >= 4 is 11.9 Å². The summed E-state index contributed by atoms with van der Waals surface area (Å²) in [6, 6.07) is 12.0. The minimum atomic E-state index is -0.943. The van der Waals surface area contributed by atoms with Crippen molar-refractivity contribution < 1.29 is 14.7 Å². The summed E-state index contributed by atoms with van der Waals surface area (Å²) in [5.41, 5.74) is 1.93. The van der Waals surface area contributed by atoms with Crippen molar-refractivity contribution in [3.05, 3.63) is 54.2 Å². The predicted octanol–water partition coefficient (Wildman–Crippen LogP) is 2.44. The van der Waals surface area contributed by atoms with Crippen LogP contribution in [0.4, 0.5) is 0 Å². The molecule has 1 saturated heterocycles. The summed E-state index contributed by atoms with van der Waals surface area (Å²) in [4.78, 5) is 29.8. The molecule has 0 aliphatic carbocycles. The first-order valence-corrected chi connectivity index (χ1v) is 7.22. The third kappa shape index (κ3) is 2.57. The van der Waals surface area contributed by atoms with Crippen LogP contribution in [-0.4, -0.2) is 39.5 Å². The zero-order valence-electron chi connectivity index (χ0n) is 12.0. The van der Waals surface area contributed by atoms with E-state index in [9.17, 15) is 14.7 Å². The van der Waals surface area contributed by atoms with E-state index in [0.717, 1.165) is 5.56 Å². The number of carboxylic acids is 1. The standard InChI is InChI=1S/C17H16N2O3/c20-16(19-11-5-9-15(19)17(21)22)13-7-2-1-6-12(13)14-8-3-4-10-18-14/h1-4,6-8,10,15H,5,9,11H2,(H,21,22)/t15-/m0/s1. The highest BCUT2D eigenvalue weighted by Gasteiger charge is 2.35. The summed E-state index contributed by atoms with van der Waals surface area (Å²) in [7, 11) is 0. The zero-order chi connectivity index (χ0) is 15.5. The molecular weight excluding hydrogens is 280 g/mol. The lowest BCUT2D eigenvalue weighted by molar-refractivity contribution is -0.141. The number of aromatic nitrogens is 1. The van der Waals surface area contributed by atoms with Gasteiger partial charge in [-0.1, -0.05) is 24.3 Å². The lowest BCUT2D eigenvalue weighted by Gasteiger charge is -2.22. The number of carboxylic acid groups (broad SMARTS) is 1. The summed E-state index contributed by atoms with van der Waals surface area (Å²) < 4.78 is 0. The number of carbonyl (C=O) groups excluding carboxylic acids is 1. The summed E-state index contributed by atoms with van der Waals surface area (Å²) >= 11 is 0. The summed E-state index contributed by atoms with van der Waals surface area (Å²) in [5, 5.41) is 9.26. The average Bonchev–Trinajstić information content (AvgIpc) is 3.05. The number of aliphatic carboxylic acids is 1. The molecule has 2 aromatic rings. The quantitative estimate of drug-likeness (QED) is 0.944. The molecule has 0 bridgehead atoms. The predicted molar refractivity (Wildman–Crippen MR) is 81.4 cm³/mol. The number of amides is 1. The van der Waals surface area contributed by atoms with Gasteiger partial charge in [-0.25, -0.2) is 4.79 Å². The van der Waals surface area contributed by atoms with Crippen LogP contribution >= 0.6 is 0 Å². The third-order valence-electron chi connectivity index (χ3n) is 3.90. The Bertz CT molecular complexity index is 700. The molecule has 1 aliphatic heterocycles. The number of hydrogen-bond acceptors (Lipinski definition) is 3. The number of rotatable bonds is 3. The van der Waals surface area contributed by atoms with Gasteiger partial charge in [0.05, 0.1) is 5.69 Å². The number of pyridine rings is 1. The van der Waals surface area contributed by atoms with Gasteiger partial charge in [0.25, 0.3) is 5.91 Å². The lowest BCUT2D eigenvalue weighted by Crippen LogP contribution is -2.40. The van der Waals surface area contributed by atoms with Gasteiger partial charge in [0.1, 0.15) is 6.04 Å². The molecule has 22 heavy (non-hydrogen) atoms. The molecule has 1 aliphatic rings. The number of likely N-dealkylation sites (tertiary alicyclic amines) is 1. The Morgan fingerprint density at radius 2 is 1.91 bits per heavy atom. The van der Waals surface area contributed by atoms with Crippen molar-refractivity contribution in [2.45, 2.75) is 18.9 Å². The zero-order valence-corrected chi connectivity index (χ0v) is 12.0. The van der Waals surface area contributed by atoms with Gasteiger partial charge in [-0.05, 0) is 31.0 Å². The lowest BCUT2D eigenvalue weighted by atomic mass is 10.0. The highest BCUT2D eigenvalue weighted by Crippen LogP contribution is 2.26. The first-order valence-electron chi connectivity index (χ1n) is 7.22. The van der Waals surface area contributed by atoms with Crippen LogP contribution in [-0.2, 0) is 4.79 Å². The van der Waals surface area contributed by atoms with Crippen LogP contribution in [0.2, 0.25) is 0 Å². The number of nitrogens with zero attached hydrogens (tertiary/aromatic N) is 2. The van der Waals surface area contributed by atoms with Crippen molar-refractivity contribution in [3.8, 4) is 11.3 Å². The van der Waals surface area contributed by atoms with E-state index >= 15 is 0 Å². The largest absolute Gasteiger partial charge is 0.480 e. The summed E-state index contributed by atoms with van der Waals surface area (Å²) in [5.74, 6) is -1.19. The van der Waals surface area contributed by atoms with E-state index in [0.29, 0.717) is 30.6 Å². The smallest absolute Gasteiger partial charge is 0.326 e. The van der Waals surface area contributed by atoms with E-state index in [1.807, 2.05) is 30.3 Å². The molecule has 1 N–H and O–H groups in total. The van der Waals surface area contributed by atoms with Crippen LogP contribution in [0.25, 0.3) is 11.3 Å². The van der Waals surface area contributed by atoms with Gasteiger partial charge in [0, 0.05) is 23.9 Å². The molecule has 0 saturated carbocycles. The van der Waals surface area contributed by atoms with Crippen LogP contribution < -0.4 is 0 Å². The number of carbonyl (C=O) groups is 2. The monoisotopic (exact) mass is 296 g/mol. The maximum atomic E-state index is 12.8. The molecule has 1 fully saturated rings. The van der Waals surface area contributed by atoms with Crippen LogP contribution in [0, 0.1) is 0 Å². The fraction of sp³-hybridized carbons (Fsp3) is 0.235. The Balaban J connectivity index is 1.99. The molecule has 5 nitrogen and oxygen atoms in total.